The second kappa shape index (κ2) is 7.12. The summed E-state index contributed by atoms with van der Waals surface area (Å²) < 4.78 is 0. The number of anilines is 2. The van der Waals surface area contributed by atoms with Crippen LogP contribution in [-0.4, -0.2) is 11.9 Å². The van der Waals surface area contributed by atoms with Crippen molar-refractivity contribution in [3.63, 3.8) is 0 Å². The fourth-order valence-corrected chi connectivity index (χ4v) is 2.77. The highest BCUT2D eigenvalue weighted by Gasteiger charge is 2.14. The van der Waals surface area contributed by atoms with Crippen molar-refractivity contribution in [2.45, 2.75) is 13.0 Å². The molecule has 0 aliphatic heterocycles. The van der Waals surface area contributed by atoms with Crippen molar-refractivity contribution in [1.29, 1.82) is 0 Å². The molecule has 0 heterocycles. The Morgan fingerprint density at radius 3 is 2.50 bits per heavy atom. The molecular formula is C19H16Cl2N2O. The quantitative estimate of drug-likeness (QED) is 0.638. The molecular weight excluding hydrogens is 343 g/mol. The minimum Gasteiger partial charge on any atom is -0.374 e. The Kier molecular flexibility index (Phi) is 4.93. The Labute approximate surface area is 150 Å². The zero-order valence-corrected chi connectivity index (χ0v) is 14.5. The molecule has 0 radical (unpaired) electrons. The van der Waals surface area contributed by atoms with Crippen LogP contribution in [0.1, 0.15) is 6.92 Å². The highest BCUT2D eigenvalue weighted by Crippen LogP contribution is 2.26. The molecule has 3 aromatic carbocycles. The van der Waals surface area contributed by atoms with E-state index in [4.69, 9.17) is 23.2 Å². The number of hydrogen-bond acceptors (Lipinski definition) is 2. The van der Waals surface area contributed by atoms with Gasteiger partial charge in [-0.25, -0.2) is 0 Å². The van der Waals surface area contributed by atoms with Crippen LogP contribution < -0.4 is 10.6 Å². The summed E-state index contributed by atoms with van der Waals surface area (Å²) in [6.45, 7) is 1.79. The second-order valence-electron chi connectivity index (χ2n) is 5.54. The van der Waals surface area contributed by atoms with Crippen LogP contribution in [0, 0.1) is 0 Å². The van der Waals surface area contributed by atoms with Crippen LogP contribution >= 0.6 is 23.2 Å². The van der Waals surface area contributed by atoms with E-state index in [0.717, 1.165) is 16.5 Å². The molecule has 0 saturated heterocycles. The van der Waals surface area contributed by atoms with Gasteiger partial charge in [0.1, 0.15) is 6.04 Å². The zero-order valence-electron chi connectivity index (χ0n) is 13.0. The summed E-state index contributed by atoms with van der Waals surface area (Å²) in [4.78, 5) is 12.4. The molecule has 3 aromatic rings. The highest BCUT2D eigenvalue weighted by molar-refractivity contribution is 6.35. The Hall–Kier alpha value is -2.23. The fraction of sp³-hybridized carbons (Fsp3) is 0.105. The number of halogens is 2. The van der Waals surface area contributed by atoms with E-state index in [-0.39, 0.29) is 5.91 Å². The van der Waals surface area contributed by atoms with Crippen molar-refractivity contribution in [2.75, 3.05) is 10.6 Å². The summed E-state index contributed by atoms with van der Waals surface area (Å²) in [5, 5.41) is 9.24. The standard InChI is InChI=1S/C19H16Cl2N2O/c1-12(19(24)23-18-11-15(20)7-9-17(18)21)22-16-8-6-13-4-2-3-5-14(13)10-16/h2-12,22H,1H3,(H,23,24)/t12-/m1/s1. The van der Waals surface area contributed by atoms with E-state index in [9.17, 15) is 4.79 Å². The van der Waals surface area contributed by atoms with Crippen LogP contribution in [0.4, 0.5) is 11.4 Å². The Morgan fingerprint density at radius 2 is 1.71 bits per heavy atom. The average molecular weight is 359 g/mol. The molecule has 24 heavy (non-hydrogen) atoms. The van der Waals surface area contributed by atoms with Gasteiger partial charge < -0.3 is 10.6 Å². The van der Waals surface area contributed by atoms with Gasteiger partial charge in [-0.3, -0.25) is 4.79 Å². The van der Waals surface area contributed by atoms with Crippen molar-refractivity contribution in [3.8, 4) is 0 Å². The van der Waals surface area contributed by atoms with Gasteiger partial charge in [0.2, 0.25) is 5.91 Å². The number of nitrogens with one attached hydrogen (secondary N) is 2. The molecule has 0 spiro atoms. The molecule has 2 N–H and O–H groups in total. The molecule has 0 unspecified atom stereocenters. The minimum absolute atomic E-state index is 0.188. The lowest BCUT2D eigenvalue weighted by Gasteiger charge is -2.16. The molecule has 0 aromatic heterocycles. The smallest absolute Gasteiger partial charge is 0.246 e. The predicted octanol–water partition coefficient (Wildman–Crippen LogP) is 5.59. The highest BCUT2D eigenvalue weighted by atomic mass is 35.5. The van der Waals surface area contributed by atoms with Gasteiger partial charge in [-0.2, -0.15) is 0 Å². The molecule has 122 valence electrons. The van der Waals surface area contributed by atoms with Crippen LogP contribution in [0.3, 0.4) is 0 Å². The molecule has 0 aliphatic carbocycles. The number of fused-ring (bicyclic) bond motifs is 1. The van der Waals surface area contributed by atoms with Crippen LogP contribution in [0.15, 0.2) is 60.7 Å². The van der Waals surface area contributed by atoms with Crippen molar-refractivity contribution in [2.24, 2.45) is 0 Å². The van der Waals surface area contributed by atoms with Gasteiger partial charge in [0, 0.05) is 10.7 Å². The number of hydrogen-bond donors (Lipinski definition) is 2. The number of carbonyl (C=O) groups is 1. The van der Waals surface area contributed by atoms with E-state index in [1.54, 1.807) is 25.1 Å². The SMILES string of the molecule is C[C@@H](Nc1ccc2ccccc2c1)C(=O)Nc1cc(Cl)ccc1Cl. The summed E-state index contributed by atoms with van der Waals surface area (Å²) >= 11 is 12.0. The first-order valence-corrected chi connectivity index (χ1v) is 8.30. The van der Waals surface area contributed by atoms with Gasteiger partial charge in [-0.1, -0.05) is 53.5 Å². The predicted molar refractivity (Wildman–Crippen MR) is 102 cm³/mol. The Bertz CT molecular complexity index is 895. The van der Waals surface area contributed by atoms with E-state index in [1.165, 1.54) is 0 Å². The molecule has 1 amide bonds. The van der Waals surface area contributed by atoms with Gasteiger partial charge in [-0.15, -0.1) is 0 Å². The maximum absolute atomic E-state index is 12.4. The monoisotopic (exact) mass is 358 g/mol. The second-order valence-corrected chi connectivity index (χ2v) is 6.39. The first-order chi connectivity index (χ1) is 11.5. The summed E-state index contributed by atoms with van der Waals surface area (Å²) in [6, 6.07) is 18.6. The third-order valence-corrected chi connectivity index (χ3v) is 4.28. The van der Waals surface area contributed by atoms with Gasteiger partial charge >= 0.3 is 0 Å². The van der Waals surface area contributed by atoms with E-state index >= 15 is 0 Å². The van der Waals surface area contributed by atoms with Gasteiger partial charge in [0.05, 0.1) is 10.7 Å². The maximum Gasteiger partial charge on any atom is 0.246 e. The van der Waals surface area contributed by atoms with Crippen LogP contribution in [-0.2, 0) is 4.79 Å². The van der Waals surface area contributed by atoms with E-state index < -0.39 is 6.04 Å². The Balaban J connectivity index is 1.72. The molecule has 1 atom stereocenters. The summed E-state index contributed by atoms with van der Waals surface area (Å²) in [5.41, 5.74) is 1.38. The van der Waals surface area contributed by atoms with Gasteiger partial charge in [0.25, 0.3) is 0 Å². The molecule has 0 aliphatic rings. The van der Waals surface area contributed by atoms with Crippen molar-refractivity contribution < 1.29 is 4.79 Å². The Morgan fingerprint density at radius 1 is 0.958 bits per heavy atom. The molecule has 3 nitrogen and oxygen atoms in total. The van der Waals surface area contributed by atoms with E-state index in [2.05, 4.69) is 16.7 Å². The molecule has 0 saturated carbocycles. The van der Waals surface area contributed by atoms with E-state index in [1.807, 2.05) is 36.4 Å². The number of amides is 1. The zero-order chi connectivity index (χ0) is 17.1. The van der Waals surface area contributed by atoms with Crippen LogP contribution in [0.2, 0.25) is 10.0 Å². The summed E-state index contributed by atoms with van der Waals surface area (Å²) in [7, 11) is 0. The first kappa shape index (κ1) is 16.6. The van der Waals surface area contributed by atoms with Crippen molar-refractivity contribution in [3.05, 3.63) is 70.7 Å². The summed E-state index contributed by atoms with van der Waals surface area (Å²) in [6.07, 6.45) is 0. The van der Waals surface area contributed by atoms with Crippen LogP contribution in [0.5, 0.6) is 0 Å². The molecule has 0 fully saturated rings. The summed E-state index contributed by atoms with van der Waals surface area (Å²) in [5.74, 6) is -0.188. The first-order valence-electron chi connectivity index (χ1n) is 7.54. The number of rotatable bonds is 4. The minimum atomic E-state index is -0.429. The lowest BCUT2D eigenvalue weighted by Crippen LogP contribution is -2.31. The molecule has 5 heteroatoms. The lowest BCUT2D eigenvalue weighted by atomic mass is 10.1. The largest absolute Gasteiger partial charge is 0.374 e. The number of benzene rings is 3. The third kappa shape index (κ3) is 3.81. The fourth-order valence-electron chi connectivity index (χ4n) is 2.43. The van der Waals surface area contributed by atoms with E-state index in [0.29, 0.717) is 15.7 Å². The van der Waals surface area contributed by atoms with Crippen LogP contribution in [0.25, 0.3) is 10.8 Å². The van der Waals surface area contributed by atoms with Crippen molar-refractivity contribution >= 4 is 51.3 Å². The van der Waals surface area contributed by atoms with Gasteiger partial charge in [-0.05, 0) is 48.0 Å². The normalized spacial score (nSPS) is 12.0. The molecule has 0 bridgehead atoms. The average Bonchev–Trinajstić information content (AvgIpc) is 2.58. The molecule has 3 rings (SSSR count). The maximum atomic E-state index is 12.4. The topological polar surface area (TPSA) is 41.1 Å². The third-order valence-electron chi connectivity index (χ3n) is 3.71. The van der Waals surface area contributed by atoms with Gasteiger partial charge in [0.15, 0.2) is 0 Å². The van der Waals surface area contributed by atoms with Crippen molar-refractivity contribution in [1.82, 2.24) is 0 Å². The lowest BCUT2D eigenvalue weighted by molar-refractivity contribution is -0.116. The number of carbonyl (C=O) groups excluding carboxylic acids is 1.